The first-order chi connectivity index (χ1) is 7.78. The van der Waals surface area contributed by atoms with Crippen molar-refractivity contribution in [2.45, 2.75) is 10.9 Å². The van der Waals surface area contributed by atoms with Crippen LogP contribution < -0.4 is 16.8 Å². The summed E-state index contributed by atoms with van der Waals surface area (Å²) in [5.41, 5.74) is 2.65. The molecule has 0 saturated carbocycles. The molecule has 2 heterocycles. The van der Waals surface area contributed by atoms with Gasteiger partial charge in [-0.15, -0.1) is 0 Å². The quantitative estimate of drug-likeness (QED) is 0.321. The molecule has 0 unspecified atom stereocenters. The molecule has 84 valence electrons. The summed E-state index contributed by atoms with van der Waals surface area (Å²) in [6.07, 6.45) is 1.42. The van der Waals surface area contributed by atoms with Gasteiger partial charge >= 0.3 is 0 Å². The van der Waals surface area contributed by atoms with Crippen LogP contribution in [0.4, 0.5) is 5.95 Å². The smallest absolute Gasteiger partial charge is 0.252 e. The van der Waals surface area contributed by atoms with E-state index in [0.29, 0.717) is 16.6 Å². The molecule has 2 aromatic rings. The number of rotatable bonds is 4. The van der Waals surface area contributed by atoms with E-state index >= 15 is 0 Å². The lowest BCUT2D eigenvalue weighted by atomic mass is 10.4. The number of nitrogens with two attached hydrogens (primary N) is 1. The Bertz CT molecular complexity index is 508. The second-order valence-electron chi connectivity index (χ2n) is 2.81. The molecule has 0 amide bonds. The number of nitrogen functional groups attached to an aromatic ring is 1. The maximum Gasteiger partial charge on any atom is 0.252 e. The second kappa shape index (κ2) is 4.77. The van der Waals surface area contributed by atoms with Gasteiger partial charge in [-0.1, -0.05) is 11.8 Å². The molecule has 0 radical (unpaired) electrons. The zero-order valence-electron chi connectivity index (χ0n) is 8.10. The number of hydrazine groups is 1. The van der Waals surface area contributed by atoms with Crippen LogP contribution in [-0.2, 0) is 5.75 Å². The molecule has 8 nitrogen and oxygen atoms in total. The summed E-state index contributed by atoms with van der Waals surface area (Å²) in [4.78, 5) is 21.7. The third kappa shape index (κ3) is 2.58. The fourth-order valence-corrected chi connectivity index (χ4v) is 1.73. The molecule has 0 atom stereocenters. The Hall–Kier alpha value is -1.87. The molecule has 16 heavy (non-hydrogen) atoms. The lowest BCUT2D eigenvalue weighted by Crippen LogP contribution is -2.17. The second-order valence-corrected chi connectivity index (χ2v) is 3.77. The fraction of sp³-hybridized carbons (Fsp3) is 0.143. The minimum absolute atomic E-state index is 0.237. The first-order valence-electron chi connectivity index (χ1n) is 4.33. The molecule has 0 spiro atoms. The van der Waals surface area contributed by atoms with Crippen LogP contribution in [0.3, 0.4) is 0 Å². The van der Waals surface area contributed by atoms with Crippen molar-refractivity contribution in [3.8, 4) is 0 Å². The Morgan fingerprint density at radius 3 is 3.12 bits per heavy atom. The van der Waals surface area contributed by atoms with Crippen LogP contribution in [0.1, 0.15) is 5.69 Å². The number of hydrogen-bond donors (Lipinski definition) is 4. The fourth-order valence-electron chi connectivity index (χ4n) is 1.06. The van der Waals surface area contributed by atoms with Crippen molar-refractivity contribution in [1.82, 2.24) is 25.1 Å². The summed E-state index contributed by atoms with van der Waals surface area (Å²) >= 11 is 1.40. The topological polar surface area (TPSA) is 125 Å². The van der Waals surface area contributed by atoms with E-state index in [4.69, 9.17) is 5.84 Å². The highest BCUT2D eigenvalue weighted by atomic mass is 32.2. The van der Waals surface area contributed by atoms with Crippen molar-refractivity contribution in [3.63, 3.8) is 0 Å². The maximum absolute atomic E-state index is 11.2. The van der Waals surface area contributed by atoms with Gasteiger partial charge in [-0.3, -0.25) is 20.3 Å². The van der Waals surface area contributed by atoms with E-state index in [9.17, 15) is 4.79 Å². The minimum Gasteiger partial charge on any atom is -0.294 e. The van der Waals surface area contributed by atoms with E-state index < -0.39 is 0 Å². The van der Waals surface area contributed by atoms with E-state index in [1.807, 2.05) is 0 Å². The number of nitrogens with one attached hydrogen (secondary N) is 3. The number of nitrogens with zero attached hydrogens (tertiary/aromatic N) is 3. The standard InChI is InChI=1S/C7H9N7OS/c8-13-6-11-4(1-5(15)12-6)2-16-7-9-3-10-14-7/h1,3H,2,8H2,(H,9,10,14)(H2,11,12,13,15). The third-order valence-electron chi connectivity index (χ3n) is 1.68. The molecule has 0 aromatic carbocycles. The number of anilines is 1. The largest absolute Gasteiger partial charge is 0.294 e. The first kappa shape index (κ1) is 10.6. The van der Waals surface area contributed by atoms with Crippen molar-refractivity contribution >= 4 is 17.7 Å². The molecule has 0 bridgehead atoms. The Kier molecular flexibility index (Phi) is 3.17. The number of hydrogen-bond acceptors (Lipinski definition) is 7. The highest BCUT2D eigenvalue weighted by molar-refractivity contribution is 7.98. The monoisotopic (exact) mass is 239 g/mol. The van der Waals surface area contributed by atoms with Gasteiger partial charge in [0.15, 0.2) is 5.16 Å². The third-order valence-corrected chi connectivity index (χ3v) is 2.59. The normalized spacial score (nSPS) is 10.3. The van der Waals surface area contributed by atoms with Crippen molar-refractivity contribution < 1.29 is 0 Å². The molecule has 9 heteroatoms. The molecular formula is C7H9N7OS. The van der Waals surface area contributed by atoms with E-state index in [1.54, 1.807) is 0 Å². The van der Waals surface area contributed by atoms with Gasteiger partial charge in [0.05, 0.1) is 5.69 Å². The maximum atomic E-state index is 11.2. The Morgan fingerprint density at radius 1 is 1.56 bits per heavy atom. The molecule has 5 N–H and O–H groups in total. The molecule has 0 saturated heterocycles. The summed E-state index contributed by atoms with van der Waals surface area (Å²) in [5, 5.41) is 7.08. The average molecular weight is 239 g/mol. The summed E-state index contributed by atoms with van der Waals surface area (Å²) in [6.45, 7) is 0. The SMILES string of the molecule is NNc1nc(CSc2ncn[nH]2)cc(=O)[nH]1. The van der Waals surface area contributed by atoms with Gasteiger partial charge in [0.1, 0.15) is 6.33 Å². The van der Waals surface area contributed by atoms with Crippen LogP contribution in [-0.4, -0.2) is 25.1 Å². The van der Waals surface area contributed by atoms with Crippen molar-refractivity contribution in [2.75, 3.05) is 5.43 Å². The van der Waals surface area contributed by atoms with Crippen LogP contribution in [0.25, 0.3) is 0 Å². The summed E-state index contributed by atoms with van der Waals surface area (Å²) in [5.74, 6) is 5.90. The van der Waals surface area contributed by atoms with E-state index in [2.05, 4.69) is 30.6 Å². The van der Waals surface area contributed by atoms with E-state index in [0.717, 1.165) is 0 Å². The highest BCUT2D eigenvalue weighted by Gasteiger charge is 2.02. The molecule has 0 fully saturated rings. The summed E-state index contributed by atoms with van der Waals surface area (Å²) in [7, 11) is 0. The predicted molar refractivity (Wildman–Crippen MR) is 58.6 cm³/mol. The predicted octanol–water partition coefficient (Wildman–Crippen LogP) is -0.534. The highest BCUT2D eigenvalue weighted by Crippen LogP contribution is 2.16. The minimum atomic E-state index is -0.254. The average Bonchev–Trinajstić information content (AvgIpc) is 2.78. The summed E-state index contributed by atoms with van der Waals surface area (Å²) in [6, 6.07) is 1.41. The Balaban J connectivity index is 2.09. The number of aromatic amines is 2. The van der Waals surface area contributed by atoms with E-state index in [-0.39, 0.29) is 11.5 Å². The van der Waals surface area contributed by atoms with Crippen LogP contribution in [0.2, 0.25) is 0 Å². The number of thioether (sulfide) groups is 1. The summed E-state index contributed by atoms with van der Waals surface area (Å²) < 4.78 is 0. The zero-order chi connectivity index (χ0) is 11.4. The van der Waals surface area contributed by atoms with E-state index in [1.165, 1.54) is 24.2 Å². The van der Waals surface area contributed by atoms with Crippen LogP contribution in [0.15, 0.2) is 22.3 Å². The van der Waals surface area contributed by atoms with Crippen LogP contribution in [0.5, 0.6) is 0 Å². The van der Waals surface area contributed by atoms with Gasteiger partial charge in [0, 0.05) is 11.8 Å². The van der Waals surface area contributed by atoms with Crippen molar-refractivity contribution in [1.29, 1.82) is 0 Å². The molecule has 2 aromatic heterocycles. The number of aromatic nitrogens is 5. The van der Waals surface area contributed by atoms with Gasteiger partial charge in [-0.05, 0) is 0 Å². The molecule has 0 aliphatic heterocycles. The van der Waals surface area contributed by atoms with Gasteiger partial charge in [-0.25, -0.2) is 15.8 Å². The Morgan fingerprint density at radius 2 is 2.44 bits per heavy atom. The lowest BCUT2D eigenvalue weighted by molar-refractivity contribution is 0.968. The van der Waals surface area contributed by atoms with Crippen LogP contribution in [0, 0.1) is 0 Å². The van der Waals surface area contributed by atoms with Gasteiger partial charge < -0.3 is 0 Å². The number of H-pyrrole nitrogens is 2. The van der Waals surface area contributed by atoms with Gasteiger partial charge in [-0.2, -0.15) is 5.10 Å². The van der Waals surface area contributed by atoms with Crippen molar-refractivity contribution in [2.24, 2.45) is 5.84 Å². The van der Waals surface area contributed by atoms with Gasteiger partial charge in [0.25, 0.3) is 5.56 Å². The molecule has 0 aliphatic carbocycles. The Labute approximate surface area is 94.1 Å². The zero-order valence-corrected chi connectivity index (χ0v) is 8.91. The molecular weight excluding hydrogens is 230 g/mol. The first-order valence-corrected chi connectivity index (χ1v) is 5.31. The van der Waals surface area contributed by atoms with Crippen LogP contribution >= 0.6 is 11.8 Å². The van der Waals surface area contributed by atoms with Gasteiger partial charge in [0.2, 0.25) is 5.95 Å². The molecule has 0 aliphatic rings. The molecule has 2 rings (SSSR count). The lowest BCUT2D eigenvalue weighted by Gasteiger charge is -2.01. The van der Waals surface area contributed by atoms with Crippen molar-refractivity contribution in [3.05, 3.63) is 28.4 Å².